The standard InChI is InChI=1S/C20H18N2O/c1-23-15-8-9-16-17-11-12-21-18(20(17)22-19(16)13-15)10-7-14-5-3-2-4-6-14/h2-10,13,21H,11-12H2,1H3/b10-7-. The molecule has 114 valence electrons. The van der Waals surface area contributed by atoms with Gasteiger partial charge in [0.1, 0.15) is 5.75 Å². The lowest BCUT2D eigenvalue weighted by atomic mass is 10.0. The first-order chi connectivity index (χ1) is 11.3. The van der Waals surface area contributed by atoms with Gasteiger partial charge in [0.05, 0.1) is 23.9 Å². The molecule has 0 radical (unpaired) electrons. The molecule has 0 saturated carbocycles. The highest BCUT2D eigenvalue weighted by atomic mass is 16.5. The first-order valence-electron chi connectivity index (χ1n) is 7.83. The van der Waals surface area contributed by atoms with Crippen LogP contribution in [0.4, 0.5) is 0 Å². The first-order valence-corrected chi connectivity index (χ1v) is 7.83. The largest absolute Gasteiger partial charge is 0.497 e. The number of benzene rings is 2. The lowest BCUT2D eigenvalue weighted by Crippen LogP contribution is -2.26. The van der Waals surface area contributed by atoms with Gasteiger partial charge in [-0.1, -0.05) is 36.4 Å². The maximum Gasteiger partial charge on any atom is 0.121 e. The van der Waals surface area contributed by atoms with Crippen LogP contribution in [0.3, 0.4) is 0 Å². The highest BCUT2D eigenvalue weighted by molar-refractivity contribution is 5.71. The fourth-order valence-corrected chi connectivity index (χ4v) is 3.06. The Bertz CT molecular complexity index is 924. The molecule has 0 fully saturated rings. The Morgan fingerprint density at radius 2 is 1.96 bits per heavy atom. The summed E-state index contributed by atoms with van der Waals surface area (Å²) in [6.45, 7) is 0.939. The predicted octanol–water partition coefficient (Wildman–Crippen LogP) is 2.40. The van der Waals surface area contributed by atoms with Crippen LogP contribution in [-0.4, -0.2) is 13.7 Å². The quantitative estimate of drug-likeness (QED) is 0.944. The second-order valence-electron chi connectivity index (χ2n) is 5.66. The van der Waals surface area contributed by atoms with Crippen molar-refractivity contribution in [2.45, 2.75) is 6.42 Å². The maximum absolute atomic E-state index is 5.31. The number of hydrogen-bond donors (Lipinski definition) is 1. The molecule has 2 aromatic carbocycles. The van der Waals surface area contributed by atoms with Crippen molar-refractivity contribution in [1.82, 2.24) is 5.32 Å². The Hall–Kier alpha value is -2.81. The van der Waals surface area contributed by atoms with Crippen molar-refractivity contribution in [3.05, 3.63) is 82.1 Å². The number of rotatable bonds is 3. The van der Waals surface area contributed by atoms with Crippen molar-refractivity contribution in [2.75, 3.05) is 13.7 Å². The van der Waals surface area contributed by atoms with Crippen molar-refractivity contribution < 1.29 is 4.74 Å². The summed E-state index contributed by atoms with van der Waals surface area (Å²) in [7, 11) is 1.69. The average Bonchev–Trinajstić information content (AvgIpc) is 2.99. The van der Waals surface area contributed by atoms with Gasteiger partial charge in [0.15, 0.2) is 0 Å². The highest BCUT2D eigenvalue weighted by Crippen LogP contribution is 2.25. The van der Waals surface area contributed by atoms with Crippen LogP contribution in [0.15, 0.2) is 71.0 Å². The number of nitrogens with zero attached hydrogens (tertiary/aromatic N) is 1. The summed E-state index contributed by atoms with van der Waals surface area (Å²) in [4.78, 5) is 4.82. The lowest BCUT2D eigenvalue weighted by Gasteiger charge is -2.18. The number of fused-ring (bicyclic) bond motifs is 2. The van der Waals surface area contributed by atoms with E-state index in [1.54, 1.807) is 7.11 Å². The van der Waals surface area contributed by atoms with Gasteiger partial charge >= 0.3 is 0 Å². The van der Waals surface area contributed by atoms with Crippen molar-refractivity contribution in [3.8, 4) is 5.75 Å². The van der Waals surface area contributed by atoms with E-state index < -0.39 is 0 Å². The minimum absolute atomic E-state index is 0.849. The Morgan fingerprint density at radius 3 is 2.78 bits per heavy atom. The molecule has 0 saturated heterocycles. The van der Waals surface area contributed by atoms with Gasteiger partial charge in [0, 0.05) is 17.8 Å². The van der Waals surface area contributed by atoms with Crippen LogP contribution in [-0.2, 0) is 0 Å². The Balaban J connectivity index is 1.79. The summed E-state index contributed by atoms with van der Waals surface area (Å²) in [6.07, 6.45) is 5.24. The number of methoxy groups -OCH3 is 1. The number of ether oxygens (including phenoxy) is 1. The van der Waals surface area contributed by atoms with E-state index in [0.29, 0.717) is 0 Å². The minimum Gasteiger partial charge on any atom is -0.497 e. The van der Waals surface area contributed by atoms with Gasteiger partial charge in [-0.05, 0) is 35.8 Å². The van der Waals surface area contributed by atoms with Gasteiger partial charge in [0.2, 0.25) is 0 Å². The summed E-state index contributed by atoms with van der Waals surface area (Å²) >= 11 is 0. The summed E-state index contributed by atoms with van der Waals surface area (Å²) in [6, 6.07) is 16.4. The van der Waals surface area contributed by atoms with E-state index in [9.17, 15) is 0 Å². The monoisotopic (exact) mass is 302 g/mol. The number of nitrogens with one attached hydrogen (secondary N) is 1. The van der Waals surface area contributed by atoms with Crippen LogP contribution in [0.25, 0.3) is 11.6 Å². The molecular weight excluding hydrogens is 284 g/mol. The second kappa shape index (κ2) is 5.76. The van der Waals surface area contributed by atoms with Crippen LogP contribution in [0.2, 0.25) is 0 Å². The fourth-order valence-electron chi connectivity index (χ4n) is 3.06. The Labute approximate surface area is 135 Å². The molecule has 0 aliphatic carbocycles. The number of hydrogen-bond acceptors (Lipinski definition) is 3. The molecule has 0 atom stereocenters. The average molecular weight is 302 g/mol. The van der Waals surface area contributed by atoms with E-state index >= 15 is 0 Å². The van der Waals surface area contributed by atoms with Gasteiger partial charge < -0.3 is 10.1 Å². The van der Waals surface area contributed by atoms with Gasteiger partial charge in [-0.3, -0.25) is 0 Å². The molecular formula is C20H18N2O. The molecule has 0 amide bonds. The molecule has 0 aromatic heterocycles. The summed E-state index contributed by atoms with van der Waals surface area (Å²) < 4.78 is 5.31. The lowest BCUT2D eigenvalue weighted by molar-refractivity contribution is 0.414. The third-order valence-electron chi connectivity index (χ3n) is 4.24. The zero-order chi connectivity index (χ0) is 15.6. The van der Waals surface area contributed by atoms with E-state index in [0.717, 1.165) is 35.5 Å². The topological polar surface area (TPSA) is 33.6 Å². The van der Waals surface area contributed by atoms with Crippen molar-refractivity contribution >= 4 is 11.6 Å². The molecule has 0 bridgehead atoms. The summed E-state index contributed by atoms with van der Waals surface area (Å²) in [5.41, 5.74) is 4.66. The summed E-state index contributed by atoms with van der Waals surface area (Å²) in [5.74, 6) is 0.849. The van der Waals surface area contributed by atoms with Gasteiger partial charge in [0.25, 0.3) is 0 Å². The molecule has 0 unspecified atom stereocenters. The molecule has 4 rings (SSSR count). The van der Waals surface area contributed by atoms with Crippen LogP contribution < -0.4 is 20.6 Å². The van der Waals surface area contributed by atoms with Gasteiger partial charge in [-0.15, -0.1) is 0 Å². The molecule has 3 heteroatoms. The zero-order valence-corrected chi connectivity index (χ0v) is 13.0. The molecule has 2 heterocycles. The molecule has 0 spiro atoms. The highest BCUT2D eigenvalue weighted by Gasteiger charge is 2.20. The SMILES string of the molecule is COc1ccc2c(c1)=NC1=C(/C=C\c3ccccc3)NCCC=21. The van der Waals surface area contributed by atoms with Crippen LogP contribution in [0.5, 0.6) is 5.75 Å². The van der Waals surface area contributed by atoms with Crippen LogP contribution >= 0.6 is 0 Å². The first kappa shape index (κ1) is 13.8. The van der Waals surface area contributed by atoms with Crippen molar-refractivity contribution in [1.29, 1.82) is 0 Å². The van der Waals surface area contributed by atoms with E-state index in [2.05, 4.69) is 35.7 Å². The Kier molecular flexibility index (Phi) is 3.46. The van der Waals surface area contributed by atoms with Crippen molar-refractivity contribution in [2.24, 2.45) is 4.99 Å². The molecule has 2 aromatic rings. The normalized spacial score (nSPS) is 16.0. The summed E-state index contributed by atoms with van der Waals surface area (Å²) in [5, 5.41) is 5.70. The third kappa shape index (κ3) is 2.55. The van der Waals surface area contributed by atoms with E-state index in [1.807, 2.05) is 30.3 Å². The predicted molar refractivity (Wildman–Crippen MR) is 92.3 cm³/mol. The van der Waals surface area contributed by atoms with Gasteiger partial charge in [-0.2, -0.15) is 0 Å². The van der Waals surface area contributed by atoms with Crippen LogP contribution in [0.1, 0.15) is 12.0 Å². The molecule has 23 heavy (non-hydrogen) atoms. The van der Waals surface area contributed by atoms with Crippen LogP contribution in [0, 0.1) is 0 Å². The molecule has 3 nitrogen and oxygen atoms in total. The van der Waals surface area contributed by atoms with Gasteiger partial charge in [-0.25, -0.2) is 4.99 Å². The number of allylic oxidation sites excluding steroid dienone is 2. The Morgan fingerprint density at radius 1 is 1.09 bits per heavy atom. The molecule has 2 aliphatic rings. The fraction of sp³-hybridized carbons (Fsp3) is 0.150. The zero-order valence-electron chi connectivity index (χ0n) is 13.0. The van der Waals surface area contributed by atoms with Crippen molar-refractivity contribution in [3.63, 3.8) is 0 Å². The molecule has 1 N–H and O–H groups in total. The minimum atomic E-state index is 0.849. The van der Waals surface area contributed by atoms with E-state index in [-0.39, 0.29) is 0 Å². The smallest absolute Gasteiger partial charge is 0.121 e. The molecule has 2 aliphatic heterocycles. The maximum atomic E-state index is 5.31. The second-order valence-corrected chi connectivity index (χ2v) is 5.66. The van der Waals surface area contributed by atoms with E-state index in [4.69, 9.17) is 9.73 Å². The van der Waals surface area contributed by atoms with E-state index in [1.165, 1.54) is 16.4 Å². The third-order valence-corrected chi connectivity index (χ3v) is 4.24.